The highest BCUT2D eigenvalue weighted by atomic mass is 15.2. The molecule has 3 nitrogen and oxygen atoms in total. The average molecular weight is 273 g/mol. The molecule has 1 aromatic heterocycles. The number of hydrogen-bond acceptors (Lipinski definition) is 2. The van der Waals surface area contributed by atoms with Crippen molar-refractivity contribution >= 4 is 0 Å². The summed E-state index contributed by atoms with van der Waals surface area (Å²) in [6.45, 7) is 2.31. The van der Waals surface area contributed by atoms with Crippen molar-refractivity contribution in [1.29, 1.82) is 0 Å². The van der Waals surface area contributed by atoms with Crippen LogP contribution in [0.4, 0.5) is 0 Å². The van der Waals surface area contributed by atoms with Crippen molar-refractivity contribution in [2.75, 3.05) is 0 Å². The van der Waals surface area contributed by atoms with Gasteiger partial charge in [-0.3, -0.25) is 4.68 Å². The van der Waals surface area contributed by atoms with Crippen LogP contribution in [0.2, 0.25) is 0 Å². The lowest BCUT2D eigenvalue weighted by Gasteiger charge is -2.62. The molecule has 4 aliphatic rings. The fourth-order valence-electron chi connectivity index (χ4n) is 5.98. The first-order valence-electron chi connectivity index (χ1n) is 8.22. The highest BCUT2D eigenvalue weighted by molar-refractivity contribution is 5.17. The van der Waals surface area contributed by atoms with E-state index in [-0.39, 0.29) is 5.54 Å². The number of hydrogen-bond donors (Lipinski definition) is 1. The zero-order valence-electron chi connectivity index (χ0n) is 12.8. The van der Waals surface area contributed by atoms with Gasteiger partial charge in [0.15, 0.2) is 0 Å². The van der Waals surface area contributed by atoms with Crippen LogP contribution in [0.5, 0.6) is 0 Å². The molecule has 0 amide bonds. The minimum absolute atomic E-state index is 0.0773. The third kappa shape index (κ3) is 1.86. The zero-order valence-corrected chi connectivity index (χ0v) is 12.8. The molecule has 4 aliphatic carbocycles. The minimum atomic E-state index is -0.0773. The summed E-state index contributed by atoms with van der Waals surface area (Å²) in [6.07, 6.45) is 13.7. The Morgan fingerprint density at radius 1 is 1.25 bits per heavy atom. The average Bonchev–Trinajstić information content (AvgIpc) is 2.72. The first kappa shape index (κ1) is 12.9. The molecule has 1 atom stereocenters. The number of aromatic nitrogens is 2. The van der Waals surface area contributed by atoms with Gasteiger partial charge in [0.1, 0.15) is 0 Å². The van der Waals surface area contributed by atoms with E-state index >= 15 is 0 Å². The summed E-state index contributed by atoms with van der Waals surface area (Å²) in [5.41, 5.74) is 8.54. The second-order valence-corrected chi connectivity index (χ2v) is 8.31. The molecule has 2 N–H and O–H groups in total. The van der Waals surface area contributed by atoms with Gasteiger partial charge in [-0.2, -0.15) is 5.10 Å². The Hall–Kier alpha value is -0.830. The molecule has 3 heteroatoms. The molecular weight excluding hydrogens is 246 g/mol. The van der Waals surface area contributed by atoms with Crippen LogP contribution in [-0.4, -0.2) is 15.3 Å². The van der Waals surface area contributed by atoms with Crippen LogP contribution < -0.4 is 5.73 Å². The number of nitrogens with two attached hydrogens (primary N) is 1. The number of rotatable bonds is 3. The Kier molecular flexibility index (Phi) is 2.64. The fraction of sp³-hybridized carbons (Fsp3) is 0.824. The molecule has 4 bridgehead atoms. The summed E-state index contributed by atoms with van der Waals surface area (Å²) in [5.74, 6) is 2.91. The highest BCUT2D eigenvalue weighted by Crippen LogP contribution is 2.63. The SMILES string of the molecule is Cn1cc(CC(C)(N)C23CC4CC(CC(C4)C2)C3)cn1. The lowest BCUT2D eigenvalue weighted by atomic mass is 9.44. The van der Waals surface area contributed by atoms with Gasteiger partial charge in [0.25, 0.3) is 0 Å². The highest BCUT2D eigenvalue weighted by Gasteiger charge is 2.57. The zero-order chi connectivity index (χ0) is 14.0. The van der Waals surface area contributed by atoms with E-state index in [1.807, 2.05) is 17.9 Å². The maximum atomic E-state index is 6.92. The second kappa shape index (κ2) is 4.09. The van der Waals surface area contributed by atoms with Crippen LogP contribution in [0.15, 0.2) is 12.4 Å². The number of aryl methyl sites for hydroxylation is 1. The molecule has 0 radical (unpaired) electrons. The van der Waals surface area contributed by atoms with Gasteiger partial charge in [0, 0.05) is 18.8 Å². The molecule has 4 fully saturated rings. The van der Waals surface area contributed by atoms with Crippen molar-refractivity contribution in [1.82, 2.24) is 9.78 Å². The quantitative estimate of drug-likeness (QED) is 0.920. The topological polar surface area (TPSA) is 43.8 Å². The molecule has 1 unspecified atom stereocenters. The third-order valence-corrected chi connectivity index (χ3v) is 6.58. The van der Waals surface area contributed by atoms with E-state index in [0.29, 0.717) is 5.41 Å². The number of nitrogens with zero attached hydrogens (tertiary/aromatic N) is 2. The van der Waals surface area contributed by atoms with Crippen molar-refractivity contribution in [3.63, 3.8) is 0 Å². The van der Waals surface area contributed by atoms with E-state index in [1.165, 1.54) is 44.1 Å². The maximum absolute atomic E-state index is 6.92. The lowest BCUT2D eigenvalue weighted by Crippen LogP contribution is -2.62. The van der Waals surface area contributed by atoms with Crippen LogP contribution in [0.3, 0.4) is 0 Å². The van der Waals surface area contributed by atoms with Gasteiger partial charge >= 0.3 is 0 Å². The first-order valence-corrected chi connectivity index (χ1v) is 8.22. The van der Waals surface area contributed by atoms with Crippen LogP contribution >= 0.6 is 0 Å². The van der Waals surface area contributed by atoms with Crippen LogP contribution in [0.25, 0.3) is 0 Å². The van der Waals surface area contributed by atoms with Gasteiger partial charge in [-0.1, -0.05) is 0 Å². The summed E-state index contributed by atoms with van der Waals surface area (Å²) in [7, 11) is 1.99. The summed E-state index contributed by atoms with van der Waals surface area (Å²) in [6, 6.07) is 0. The molecular formula is C17H27N3. The molecule has 0 spiro atoms. The maximum Gasteiger partial charge on any atom is 0.0522 e. The molecule has 5 rings (SSSR count). The Morgan fingerprint density at radius 3 is 2.25 bits per heavy atom. The minimum Gasteiger partial charge on any atom is -0.325 e. The van der Waals surface area contributed by atoms with Crippen molar-refractivity contribution < 1.29 is 0 Å². The molecule has 1 aromatic rings. The van der Waals surface area contributed by atoms with Gasteiger partial charge < -0.3 is 5.73 Å². The van der Waals surface area contributed by atoms with Gasteiger partial charge in [-0.15, -0.1) is 0 Å². The molecule has 0 saturated heterocycles. The van der Waals surface area contributed by atoms with Crippen molar-refractivity contribution in [2.24, 2.45) is 36.0 Å². The summed E-state index contributed by atoms with van der Waals surface area (Å²) in [4.78, 5) is 0. The summed E-state index contributed by atoms with van der Waals surface area (Å²) in [5, 5.41) is 4.31. The van der Waals surface area contributed by atoms with Crippen LogP contribution in [-0.2, 0) is 13.5 Å². The molecule has 4 saturated carbocycles. The van der Waals surface area contributed by atoms with Gasteiger partial charge in [0.2, 0.25) is 0 Å². The van der Waals surface area contributed by atoms with Crippen LogP contribution in [0.1, 0.15) is 51.0 Å². The van der Waals surface area contributed by atoms with E-state index in [4.69, 9.17) is 5.73 Å². The predicted octanol–water partition coefficient (Wildman–Crippen LogP) is 2.90. The van der Waals surface area contributed by atoms with Crippen molar-refractivity contribution in [2.45, 2.75) is 57.4 Å². The first-order chi connectivity index (χ1) is 9.46. The molecule has 0 aromatic carbocycles. The molecule has 0 aliphatic heterocycles. The largest absolute Gasteiger partial charge is 0.325 e. The van der Waals surface area contributed by atoms with E-state index < -0.39 is 0 Å². The van der Waals surface area contributed by atoms with Crippen molar-refractivity contribution in [3.8, 4) is 0 Å². The van der Waals surface area contributed by atoms with E-state index in [2.05, 4.69) is 18.2 Å². The van der Waals surface area contributed by atoms with Gasteiger partial charge in [-0.05, 0) is 80.6 Å². The monoisotopic (exact) mass is 273 g/mol. The third-order valence-electron chi connectivity index (χ3n) is 6.58. The fourth-order valence-corrected chi connectivity index (χ4v) is 5.98. The summed E-state index contributed by atoms with van der Waals surface area (Å²) < 4.78 is 1.89. The Labute approximate surface area is 121 Å². The standard InChI is InChI=1S/C17H27N3/c1-16(18,6-15-10-19-20(2)11-15)17-7-12-3-13(8-17)5-14(4-12)9-17/h10-14H,3-9,18H2,1-2H3. The van der Waals surface area contributed by atoms with E-state index in [0.717, 1.165) is 24.2 Å². The van der Waals surface area contributed by atoms with Gasteiger partial charge in [-0.25, -0.2) is 0 Å². The summed E-state index contributed by atoms with van der Waals surface area (Å²) >= 11 is 0. The second-order valence-electron chi connectivity index (χ2n) is 8.31. The normalized spacial score (nSPS) is 41.9. The van der Waals surface area contributed by atoms with E-state index in [9.17, 15) is 0 Å². The van der Waals surface area contributed by atoms with Gasteiger partial charge in [0.05, 0.1) is 6.20 Å². The lowest BCUT2D eigenvalue weighted by molar-refractivity contribution is -0.0929. The molecule has 1 heterocycles. The van der Waals surface area contributed by atoms with Crippen LogP contribution in [0, 0.1) is 23.2 Å². The Bertz CT molecular complexity index is 479. The van der Waals surface area contributed by atoms with E-state index in [1.54, 1.807) is 0 Å². The molecule has 110 valence electrons. The molecule has 20 heavy (non-hydrogen) atoms. The Balaban J connectivity index is 1.61. The predicted molar refractivity (Wildman–Crippen MR) is 80.1 cm³/mol. The smallest absolute Gasteiger partial charge is 0.0522 e. The Morgan fingerprint density at radius 2 is 1.80 bits per heavy atom. The van der Waals surface area contributed by atoms with Crippen molar-refractivity contribution in [3.05, 3.63) is 18.0 Å².